The highest BCUT2D eigenvalue weighted by atomic mass is 15.1. The van der Waals surface area contributed by atoms with E-state index in [1.807, 2.05) is 0 Å². The van der Waals surface area contributed by atoms with Gasteiger partial charge in [0.05, 0.1) is 0 Å². The molecular formula is C14H28N2. The number of hydrogen-bond donors (Lipinski definition) is 1. The van der Waals surface area contributed by atoms with Crippen molar-refractivity contribution in [2.45, 2.75) is 57.9 Å². The van der Waals surface area contributed by atoms with Gasteiger partial charge in [0.15, 0.2) is 0 Å². The van der Waals surface area contributed by atoms with Crippen molar-refractivity contribution in [2.75, 3.05) is 19.6 Å². The molecule has 1 heterocycles. The zero-order valence-electron chi connectivity index (χ0n) is 10.8. The third-order valence-electron chi connectivity index (χ3n) is 4.65. The molecule has 0 aromatic rings. The highest BCUT2D eigenvalue weighted by Crippen LogP contribution is 2.28. The van der Waals surface area contributed by atoms with Crippen LogP contribution in [0.2, 0.25) is 0 Å². The smallest absolute Gasteiger partial charge is 0.0196 e. The fourth-order valence-corrected chi connectivity index (χ4v) is 3.48. The Morgan fingerprint density at radius 3 is 2.62 bits per heavy atom. The lowest BCUT2D eigenvalue weighted by Gasteiger charge is -2.35. The molecule has 2 aliphatic rings. The molecule has 0 amide bonds. The summed E-state index contributed by atoms with van der Waals surface area (Å²) in [6.45, 7) is 6.07. The molecule has 0 bridgehead atoms. The normalized spacial score (nSPS) is 30.8. The van der Waals surface area contributed by atoms with Crippen molar-refractivity contribution in [1.82, 2.24) is 4.90 Å². The van der Waals surface area contributed by atoms with Crippen LogP contribution in [0.15, 0.2) is 0 Å². The third-order valence-corrected chi connectivity index (χ3v) is 4.65. The van der Waals surface area contributed by atoms with E-state index in [-0.39, 0.29) is 0 Å². The van der Waals surface area contributed by atoms with E-state index in [0.717, 1.165) is 18.4 Å². The molecule has 2 unspecified atom stereocenters. The van der Waals surface area contributed by atoms with Crippen molar-refractivity contribution < 1.29 is 0 Å². The molecule has 0 radical (unpaired) electrons. The van der Waals surface area contributed by atoms with Crippen molar-refractivity contribution in [2.24, 2.45) is 17.6 Å². The van der Waals surface area contributed by atoms with Gasteiger partial charge in [0, 0.05) is 19.1 Å². The predicted molar refractivity (Wildman–Crippen MR) is 69.4 cm³/mol. The summed E-state index contributed by atoms with van der Waals surface area (Å²) < 4.78 is 0. The summed E-state index contributed by atoms with van der Waals surface area (Å²) in [5.74, 6) is 1.76. The van der Waals surface area contributed by atoms with Gasteiger partial charge in [-0.2, -0.15) is 0 Å². The van der Waals surface area contributed by atoms with Crippen molar-refractivity contribution in [3.8, 4) is 0 Å². The molecule has 2 nitrogen and oxygen atoms in total. The Morgan fingerprint density at radius 1 is 1.19 bits per heavy atom. The second-order valence-corrected chi connectivity index (χ2v) is 5.88. The summed E-state index contributed by atoms with van der Waals surface area (Å²) in [5.41, 5.74) is 6.36. The van der Waals surface area contributed by atoms with Crippen LogP contribution < -0.4 is 5.73 Å². The average molecular weight is 224 g/mol. The Kier molecular flexibility index (Phi) is 4.66. The molecule has 1 saturated heterocycles. The maximum atomic E-state index is 6.36. The van der Waals surface area contributed by atoms with Gasteiger partial charge in [-0.25, -0.2) is 0 Å². The van der Waals surface area contributed by atoms with Crippen LogP contribution >= 0.6 is 0 Å². The fourth-order valence-electron chi connectivity index (χ4n) is 3.48. The molecule has 0 aromatic carbocycles. The second kappa shape index (κ2) is 6.02. The van der Waals surface area contributed by atoms with Crippen LogP contribution in [-0.4, -0.2) is 30.6 Å². The quantitative estimate of drug-likeness (QED) is 0.795. The van der Waals surface area contributed by atoms with E-state index in [4.69, 9.17) is 5.73 Å². The fraction of sp³-hybridized carbons (Fsp3) is 1.00. The Labute approximate surface area is 101 Å². The number of nitrogens with zero attached hydrogens (tertiary/aromatic N) is 1. The summed E-state index contributed by atoms with van der Waals surface area (Å²) in [5, 5.41) is 0. The molecule has 16 heavy (non-hydrogen) atoms. The van der Waals surface area contributed by atoms with E-state index >= 15 is 0 Å². The minimum absolute atomic E-state index is 0.443. The van der Waals surface area contributed by atoms with E-state index in [9.17, 15) is 0 Å². The second-order valence-electron chi connectivity index (χ2n) is 5.88. The van der Waals surface area contributed by atoms with Crippen molar-refractivity contribution in [1.29, 1.82) is 0 Å². The van der Waals surface area contributed by atoms with Crippen molar-refractivity contribution in [3.63, 3.8) is 0 Å². The van der Waals surface area contributed by atoms with Gasteiger partial charge in [0.1, 0.15) is 0 Å². The molecule has 1 aliphatic carbocycles. The van der Waals surface area contributed by atoms with E-state index < -0.39 is 0 Å². The van der Waals surface area contributed by atoms with Crippen molar-refractivity contribution in [3.05, 3.63) is 0 Å². The number of piperidine rings is 1. The van der Waals surface area contributed by atoms with Crippen LogP contribution in [-0.2, 0) is 0 Å². The zero-order chi connectivity index (χ0) is 11.4. The minimum Gasteiger partial charge on any atom is -0.326 e. The molecule has 1 saturated carbocycles. The number of nitrogens with two attached hydrogens (primary N) is 1. The van der Waals surface area contributed by atoms with E-state index in [0.29, 0.717) is 6.04 Å². The van der Waals surface area contributed by atoms with Crippen molar-refractivity contribution >= 4 is 0 Å². The standard InChI is InChI=1S/C14H28N2/c1-2-12-6-5-9-16(10-12)11-14(15)13-7-3-4-8-13/h12-14H,2-11,15H2,1H3. The Morgan fingerprint density at radius 2 is 1.94 bits per heavy atom. The van der Waals surface area contributed by atoms with Crippen LogP contribution in [0.5, 0.6) is 0 Å². The first-order valence-corrected chi connectivity index (χ1v) is 7.27. The summed E-state index contributed by atoms with van der Waals surface area (Å²) in [6.07, 6.45) is 9.75. The van der Waals surface area contributed by atoms with Crippen LogP contribution in [0.25, 0.3) is 0 Å². The lowest BCUT2D eigenvalue weighted by Crippen LogP contribution is -2.45. The minimum atomic E-state index is 0.443. The number of rotatable bonds is 4. The summed E-state index contributed by atoms with van der Waals surface area (Å²) in [6, 6.07) is 0.443. The largest absolute Gasteiger partial charge is 0.326 e. The predicted octanol–water partition coefficient (Wildman–Crippen LogP) is 2.63. The van der Waals surface area contributed by atoms with E-state index in [1.54, 1.807) is 0 Å². The molecule has 2 fully saturated rings. The molecule has 1 aliphatic heterocycles. The van der Waals surface area contributed by atoms with E-state index in [2.05, 4.69) is 11.8 Å². The third kappa shape index (κ3) is 3.21. The Balaban J connectivity index is 1.75. The maximum Gasteiger partial charge on any atom is 0.0196 e. The first-order valence-electron chi connectivity index (χ1n) is 7.27. The summed E-state index contributed by atoms with van der Waals surface area (Å²) in [7, 11) is 0. The molecule has 0 spiro atoms. The zero-order valence-corrected chi connectivity index (χ0v) is 10.8. The summed E-state index contributed by atoms with van der Waals surface area (Å²) in [4.78, 5) is 2.63. The molecule has 0 aromatic heterocycles. The lowest BCUT2D eigenvalue weighted by molar-refractivity contribution is 0.151. The first-order chi connectivity index (χ1) is 7.79. The van der Waals surface area contributed by atoms with Gasteiger partial charge in [0.2, 0.25) is 0 Å². The van der Waals surface area contributed by atoms with Crippen LogP contribution in [0.3, 0.4) is 0 Å². The molecule has 94 valence electrons. The van der Waals surface area contributed by atoms with Crippen LogP contribution in [0.4, 0.5) is 0 Å². The van der Waals surface area contributed by atoms with Gasteiger partial charge >= 0.3 is 0 Å². The first kappa shape index (κ1) is 12.4. The number of likely N-dealkylation sites (tertiary alicyclic amines) is 1. The van der Waals surface area contributed by atoms with Gasteiger partial charge in [-0.05, 0) is 44.1 Å². The molecule has 2 rings (SSSR count). The highest BCUT2D eigenvalue weighted by Gasteiger charge is 2.25. The van der Waals surface area contributed by atoms with Gasteiger partial charge < -0.3 is 10.6 Å². The summed E-state index contributed by atoms with van der Waals surface area (Å²) >= 11 is 0. The van der Waals surface area contributed by atoms with E-state index in [1.165, 1.54) is 58.0 Å². The molecular weight excluding hydrogens is 196 g/mol. The van der Waals surface area contributed by atoms with Crippen LogP contribution in [0, 0.1) is 11.8 Å². The van der Waals surface area contributed by atoms with Gasteiger partial charge in [0.25, 0.3) is 0 Å². The Hall–Kier alpha value is -0.0800. The van der Waals surface area contributed by atoms with Gasteiger partial charge in [-0.3, -0.25) is 0 Å². The molecule has 2 heteroatoms. The van der Waals surface area contributed by atoms with Crippen LogP contribution in [0.1, 0.15) is 51.9 Å². The van der Waals surface area contributed by atoms with Gasteiger partial charge in [-0.1, -0.05) is 26.2 Å². The monoisotopic (exact) mass is 224 g/mol. The highest BCUT2D eigenvalue weighted by molar-refractivity contribution is 4.82. The lowest BCUT2D eigenvalue weighted by atomic mass is 9.93. The topological polar surface area (TPSA) is 29.3 Å². The molecule has 2 atom stereocenters. The SMILES string of the molecule is CCC1CCCN(CC(N)C2CCCC2)C1. The average Bonchev–Trinajstić information content (AvgIpc) is 2.83. The molecule has 2 N–H and O–H groups in total. The Bertz CT molecular complexity index is 199. The number of hydrogen-bond acceptors (Lipinski definition) is 2. The van der Waals surface area contributed by atoms with Gasteiger partial charge in [-0.15, -0.1) is 0 Å². The maximum absolute atomic E-state index is 6.36.